The van der Waals surface area contributed by atoms with Gasteiger partial charge in [0.05, 0.1) is 12.1 Å². The van der Waals surface area contributed by atoms with Gasteiger partial charge in [0.2, 0.25) is 5.91 Å². The Morgan fingerprint density at radius 2 is 1.68 bits per heavy atom. The topological polar surface area (TPSA) is 117 Å². The largest absolute Gasteiger partial charge is 0.447 e. The van der Waals surface area contributed by atoms with Crippen LogP contribution in [0.3, 0.4) is 0 Å². The molecule has 4 atom stereocenters. The van der Waals surface area contributed by atoms with Gasteiger partial charge in [0.1, 0.15) is 12.6 Å². The van der Waals surface area contributed by atoms with Crippen LogP contribution in [-0.2, 0) is 14.3 Å². The Morgan fingerprint density at radius 1 is 1.03 bits per heavy atom. The van der Waals surface area contributed by atoms with Crippen LogP contribution in [0.25, 0.3) is 0 Å². The number of nitrogens with zero attached hydrogens (tertiary/aromatic N) is 1. The summed E-state index contributed by atoms with van der Waals surface area (Å²) in [5, 5.41) is 8.79. The van der Waals surface area contributed by atoms with E-state index >= 15 is 0 Å². The van der Waals surface area contributed by atoms with Crippen LogP contribution >= 0.6 is 0 Å². The number of likely N-dealkylation sites (tertiary alicyclic amines) is 1. The summed E-state index contributed by atoms with van der Waals surface area (Å²) >= 11 is 0. The van der Waals surface area contributed by atoms with Gasteiger partial charge in [0.25, 0.3) is 0 Å². The summed E-state index contributed by atoms with van der Waals surface area (Å²) < 4.78 is 5.44. The van der Waals surface area contributed by atoms with Gasteiger partial charge < -0.3 is 25.6 Å². The molecule has 1 heterocycles. The molecule has 0 spiro atoms. The van der Waals surface area contributed by atoms with Crippen molar-refractivity contribution >= 4 is 23.8 Å². The Balaban J connectivity index is 1.72. The van der Waals surface area contributed by atoms with Gasteiger partial charge in [0, 0.05) is 13.1 Å². The minimum absolute atomic E-state index is 0.00427. The number of carbonyl (C=O) groups is 4. The van der Waals surface area contributed by atoms with Crippen LogP contribution in [0.1, 0.15) is 99.3 Å². The van der Waals surface area contributed by atoms with Crippen molar-refractivity contribution in [3.05, 3.63) is 0 Å². The minimum atomic E-state index is -0.733. The van der Waals surface area contributed by atoms with E-state index in [1.54, 1.807) is 11.8 Å². The van der Waals surface area contributed by atoms with E-state index in [9.17, 15) is 19.2 Å². The fraction of sp³-hybridized carbons (Fsp3) is 0.862. The molecule has 0 bridgehead atoms. The predicted molar refractivity (Wildman–Crippen MR) is 147 cm³/mol. The van der Waals surface area contributed by atoms with Gasteiger partial charge in [-0.05, 0) is 61.7 Å². The van der Waals surface area contributed by atoms with E-state index in [0.717, 1.165) is 57.8 Å². The van der Waals surface area contributed by atoms with E-state index in [1.807, 2.05) is 20.8 Å². The second-order valence-electron chi connectivity index (χ2n) is 13.2. The van der Waals surface area contributed by atoms with Crippen LogP contribution in [0.4, 0.5) is 9.59 Å². The molecule has 2 saturated carbocycles. The Morgan fingerprint density at radius 3 is 2.24 bits per heavy atom. The quantitative estimate of drug-likeness (QED) is 0.384. The third kappa shape index (κ3) is 7.85. The summed E-state index contributed by atoms with van der Waals surface area (Å²) in [5.41, 5.74) is -0.778. The van der Waals surface area contributed by atoms with Gasteiger partial charge in [0.15, 0.2) is 5.78 Å². The molecule has 0 aromatic rings. The molecule has 3 rings (SSSR count). The Hall–Kier alpha value is -2.32. The van der Waals surface area contributed by atoms with Crippen molar-refractivity contribution in [1.29, 1.82) is 0 Å². The number of ether oxygens (including phenoxy) is 1. The van der Waals surface area contributed by atoms with Crippen LogP contribution in [0, 0.1) is 22.7 Å². The lowest BCUT2D eigenvalue weighted by Gasteiger charge is -2.43. The second kappa shape index (κ2) is 12.7. The molecule has 1 saturated heterocycles. The first-order valence-corrected chi connectivity index (χ1v) is 14.6. The maximum absolute atomic E-state index is 14.0. The molecule has 0 radical (unpaired) electrons. The van der Waals surface area contributed by atoms with Crippen LogP contribution < -0.4 is 16.0 Å². The van der Waals surface area contributed by atoms with Crippen LogP contribution in [0.5, 0.6) is 0 Å². The maximum atomic E-state index is 14.0. The normalized spacial score (nSPS) is 24.7. The van der Waals surface area contributed by atoms with Crippen molar-refractivity contribution in [2.75, 3.05) is 19.7 Å². The third-order valence-corrected chi connectivity index (χ3v) is 8.93. The van der Waals surface area contributed by atoms with Crippen molar-refractivity contribution < 1.29 is 23.9 Å². The van der Waals surface area contributed by atoms with Crippen molar-refractivity contribution in [3.8, 4) is 0 Å². The standard InChI is InChI=1S/C29H50N4O5/c1-7-21-13-16-33(23(21)19(2)34)25(35)24(29(6)14-9-8-10-15-29)32-26(36)31-22(28(3,4)5)18-38-27(37)30-17-20-11-12-20/h20-24H,7-18H2,1-6H3,(H,30,37)(H2,31,32,36)/t21-,22?,23?,24?/m0/s1. The summed E-state index contributed by atoms with van der Waals surface area (Å²) in [4.78, 5) is 53.9. The molecule has 3 aliphatic rings. The molecule has 0 aromatic heterocycles. The molecule has 3 N–H and O–H groups in total. The zero-order valence-corrected chi connectivity index (χ0v) is 24.4. The van der Waals surface area contributed by atoms with Crippen molar-refractivity contribution in [2.24, 2.45) is 22.7 Å². The number of nitrogens with one attached hydrogen (secondary N) is 3. The molecule has 4 amide bonds. The summed E-state index contributed by atoms with van der Waals surface area (Å²) in [5.74, 6) is 0.540. The maximum Gasteiger partial charge on any atom is 0.407 e. The molecule has 9 heteroatoms. The molecule has 9 nitrogen and oxygen atoms in total. The lowest BCUT2D eigenvalue weighted by molar-refractivity contribution is -0.142. The van der Waals surface area contributed by atoms with Crippen LogP contribution in [0.2, 0.25) is 0 Å². The highest BCUT2D eigenvalue weighted by molar-refractivity contribution is 5.93. The predicted octanol–water partition coefficient (Wildman–Crippen LogP) is 4.39. The molecule has 38 heavy (non-hydrogen) atoms. The number of alkyl carbamates (subject to hydrolysis) is 1. The lowest BCUT2D eigenvalue weighted by Crippen LogP contribution is -2.62. The summed E-state index contributed by atoms with van der Waals surface area (Å²) in [6, 6.07) is -2.08. The number of Topliss-reactive ketones (excluding diaryl/α,β-unsaturated/α-hetero) is 1. The van der Waals surface area contributed by atoms with Gasteiger partial charge >= 0.3 is 12.1 Å². The highest BCUT2D eigenvalue weighted by Crippen LogP contribution is 2.41. The van der Waals surface area contributed by atoms with E-state index in [2.05, 4.69) is 29.8 Å². The molecule has 1 aliphatic heterocycles. The Bertz CT molecular complexity index is 860. The Labute approximate surface area is 228 Å². The monoisotopic (exact) mass is 534 g/mol. The van der Waals surface area contributed by atoms with Crippen LogP contribution in [0.15, 0.2) is 0 Å². The SMILES string of the molecule is CC[C@H]1CCN(C(=O)C(NC(=O)NC(COC(=O)NCC2CC2)C(C)(C)C)C2(C)CCCCC2)C1C(C)=O. The lowest BCUT2D eigenvalue weighted by atomic mass is 9.70. The molecule has 2 aliphatic carbocycles. The number of hydrogen-bond acceptors (Lipinski definition) is 5. The van der Waals surface area contributed by atoms with Gasteiger partial charge in [-0.15, -0.1) is 0 Å². The first kappa shape index (κ1) is 30.2. The van der Waals surface area contributed by atoms with Gasteiger partial charge in [-0.2, -0.15) is 0 Å². The average Bonchev–Trinajstić information content (AvgIpc) is 3.58. The first-order chi connectivity index (χ1) is 17.9. The summed E-state index contributed by atoms with van der Waals surface area (Å²) in [7, 11) is 0. The molecule has 216 valence electrons. The molecule has 0 aromatic carbocycles. The first-order valence-electron chi connectivity index (χ1n) is 14.6. The highest BCUT2D eigenvalue weighted by Gasteiger charge is 2.47. The third-order valence-electron chi connectivity index (χ3n) is 8.93. The number of rotatable bonds is 10. The van der Waals surface area contributed by atoms with Crippen molar-refractivity contribution in [1.82, 2.24) is 20.9 Å². The van der Waals surface area contributed by atoms with Crippen LogP contribution in [-0.4, -0.2) is 66.5 Å². The highest BCUT2D eigenvalue weighted by atomic mass is 16.5. The van der Waals surface area contributed by atoms with Gasteiger partial charge in [-0.25, -0.2) is 9.59 Å². The second-order valence-corrected chi connectivity index (χ2v) is 13.2. The smallest absolute Gasteiger partial charge is 0.407 e. The number of amides is 4. The van der Waals surface area contributed by atoms with E-state index in [-0.39, 0.29) is 29.6 Å². The zero-order chi connectivity index (χ0) is 28.1. The molecule has 3 fully saturated rings. The summed E-state index contributed by atoms with van der Waals surface area (Å²) in [6.45, 7) is 12.8. The van der Waals surface area contributed by atoms with Gasteiger partial charge in [-0.1, -0.05) is 60.3 Å². The number of ketones is 1. The number of urea groups is 1. The fourth-order valence-electron chi connectivity index (χ4n) is 6.03. The molecule has 3 unspecified atom stereocenters. The van der Waals surface area contributed by atoms with Gasteiger partial charge in [-0.3, -0.25) is 9.59 Å². The zero-order valence-electron chi connectivity index (χ0n) is 24.4. The van der Waals surface area contributed by atoms with E-state index in [4.69, 9.17) is 4.74 Å². The number of carbonyl (C=O) groups excluding carboxylic acids is 4. The Kier molecular flexibility index (Phi) is 10.1. The molecular formula is C29H50N4O5. The summed E-state index contributed by atoms with van der Waals surface area (Å²) in [6.07, 6.45) is 8.23. The average molecular weight is 535 g/mol. The van der Waals surface area contributed by atoms with E-state index in [0.29, 0.717) is 19.0 Å². The number of hydrogen-bond donors (Lipinski definition) is 3. The van der Waals surface area contributed by atoms with E-state index in [1.165, 1.54) is 0 Å². The van der Waals surface area contributed by atoms with Crippen molar-refractivity contribution in [3.63, 3.8) is 0 Å². The molecular weight excluding hydrogens is 484 g/mol. The van der Waals surface area contributed by atoms with Crippen molar-refractivity contribution in [2.45, 2.75) is 117 Å². The minimum Gasteiger partial charge on any atom is -0.447 e. The van der Waals surface area contributed by atoms with E-state index < -0.39 is 35.7 Å². The fourth-order valence-corrected chi connectivity index (χ4v) is 6.03.